The zero-order valence-electron chi connectivity index (χ0n) is 14.2. The monoisotopic (exact) mass is 334 g/mol. The van der Waals surface area contributed by atoms with Crippen LogP contribution in [-0.2, 0) is 14.8 Å². The second-order valence-electron chi connectivity index (χ2n) is 6.13. The minimum absolute atomic E-state index is 0.0585. The Hall–Kier alpha value is -0.700. The molecule has 0 aliphatic carbocycles. The summed E-state index contributed by atoms with van der Waals surface area (Å²) in [7, 11) is 0.734. The zero-order chi connectivity index (χ0) is 16.8. The van der Waals surface area contributed by atoms with Gasteiger partial charge in [0, 0.05) is 39.3 Å². The highest BCUT2D eigenvalue weighted by molar-refractivity contribution is 7.89. The van der Waals surface area contributed by atoms with Crippen molar-refractivity contribution in [2.75, 3.05) is 59.1 Å². The fourth-order valence-electron chi connectivity index (χ4n) is 2.45. The number of carbonyl (C=O) groups excluding carboxylic acids is 1. The summed E-state index contributed by atoms with van der Waals surface area (Å²) < 4.78 is 25.9. The SMILES string of the molecule is CCCS(=O)(=O)NC(C)C(=O)N1CCN(CCN(C)C)CC1. The van der Waals surface area contributed by atoms with Crippen molar-refractivity contribution < 1.29 is 13.2 Å². The van der Waals surface area contributed by atoms with Crippen LogP contribution in [0, 0.1) is 0 Å². The summed E-state index contributed by atoms with van der Waals surface area (Å²) in [5.74, 6) is -0.0740. The van der Waals surface area contributed by atoms with E-state index in [1.54, 1.807) is 18.7 Å². The lowest BCUT2D eigenvalue weighted by Crippen LogP contribution is -2.54. The molecule has 0 bridgehead atoms. The molecule has 1 aliphatic rings. The van der Waals surface area contributed by atoms with Gasteiger partial charge in [0.15, 0.2) is 0 Å². The molecule has 0 radical (unpaired) electrons. The molecule has 22 heavy (non-hydrogen) atoms. The lowest BCUT2D eigenvalue weighted by Gasteiger charge is -2.36. The second-order valence-corrected chi connectivity index (χ2v) is 8.00. The molecule has 1 saturated heterocycles. The lowest BCUT2D eigenvalue weighted by atomic mass is 10.2. The van der Waals surface area contributed by atoms with Crippen molar-refractivity contribution in [2.45, 2.75) is 26.3 Å². The first-order valence-corrected chi connectivity index (χ1v) is 9.56. The number of likely N-dealkylation sites (N-methyl/N-ethyl adjacent to an activating group) is 1. The Morgan fingerprint density at radius 1 is 1.23 bits per heavy atom. The smallest absolute Gasteiger partial charge is 0.240 e. The van der Waals surface area contributed by atoms with Gasteiger partial charge in [-0.05, 0) is 27.4 Å². The van der Waals surface area contributed by atoms with Gasteiger partial charge in [0.1, 0.15) is 0 Å². The number of hydrogen-bond acceptors (Lipinski definition) is 5. The molecular formula is C14H30N4O3S. The maximum atomic E-state index is 12.3. The maximum Gasteiger partial charge on any atom is 0.240 e. The summed E-state index contributed by atoms with van der Waals surface area (Å²) in [6, 6.07) is -0.690. The summed E-state index contributed by atoms with van der Waals surface area (Å²) in [4.78, 5) is 18.6. The van der Waals surface area contributed by atoms with Gasteiger partial charge in [0.05, 0.1) is 11.8 Å². The van der Waals surface area contributed by atoms with Crippen LogP contribution in [0.2, 0.25) is 0 Å². The third-order valence-electron chi connectivity index (χ3n) is 3.75. The minimum atomic E-state index is -3.36. The van der Waals surface area contributed by atoms with Gasteiger partial charge in [-0.1, -0.05) is 6.92 Å². The number of carbonyl (C=O) groups is 1. The van der Waals surface area contributed by atoms with Crippen LogP contribution >= 0.6 is 0 Å². The van der Waals surface area contributed by atoms with Crippen molar-refractivity contribution in [3.8, 4) is 0 Å². The highest BCUT2D eigenvalue weighted by Gasteiger charge is 2.27. The van der Waals surface area contributed by atoms with Crippen molar-refractivity contribution in [3.63, 3.8) is 0 Å². The molecule has 0 aromatic rings. The lowest BCUT2D eigenvalue weighted by molar-refractivity contribution is -0.134. The molecule has 130 valence electrons. The Morgan fingerprint density at radius 2 is 1.82 bits per heavy atom. The van der Waals surface area contributed by atoms with Gasteiger partial charge in [-0.3, -0.25) is 9.69 Å². The van der Waals surface area contributed by atoms with E-state index in [0.717, 1.165) is 26.2 Å². The van der Waals surface area contributed by atoms with Crippen molar-refractivity contribution >= 4 is 15.9 Å². The summed E-state index contributed by atoms with van der Waals surface area (Å²) in [5, 5.41) is 0. The van der Waals surface area contributed by atoms with Crippen LogP contribution in [0.5, 0.6) is 0 Å². The molecule has 0 aromatic carbocycles. The topological polar surface area (TPSA) is 73.0 Å². The van der Waals surface area contributed by atoms with E-state index in [2.05, 4.69) is 14.5 Å². The van der Waals surface area contributed by atoms with Crippen LogP contribution in [-0.4, -0.2) is 94.2 Å². The first-order chi connectivity index (χ1) is 10.2. The second kappa shape index (κ2) is 8.81. The first-order valence-electron chi connectivity index (χ1n) is 7.91. The van der Waals surface area contributed by atoms with Crippen LogP contribution < -0.4 is 4.72 Å². The summed E-state index contributed by atoms with van der Waals surface area (Å²) in [6.07, 6.45) is 0.542. The highest BCUT2D eigenvalue weighted by atomic mass is 32.2. The van der Waals surface area contributed by atoms with E-state index in [9.17, 15) is 13.2 Å². The van der Waals surface area contributed by atoms with Gasteiger partial charge in [-0.2, -0.15) is 0 Å². The molecule has 1 aliphatic heterocycles. The van der Waals surface area contributed by atoms with Crippen molar-refractivity contribution in [2.24, 2.45) is 0 Å². The van der Waals surface area contributed by atoms with Crippen molar-refractivity contribution in [1.29, 1.82) is 0 Å². The van der Waals surface area contributed by atoms with Crippen molar-refractivity contribution in [3.05, 3.63) is 0 Å². The quantitative estimate of drug-likeness (QED) is 0.642. The molecule has 1 heterocycles. The average molecular weight is 334 g/mol. The predicted octanol–water partition coefficient (Wildman–Crippen LogP) is -0.590. The standard InChI is InChI=1S/C14H30N4O3S/c1-5-12-22(20,21)15-13(2)14(19)18-10-8-17(9-11-18)7-6-16(3)4/h13,15H,5-12H2,1-4H3. The Balaban J connectivity index is 2.41. The Kier molecular flexibility index (Phi) is 7.75. The number of piperazine rings is 1. The Labute approximate surface area is 134 Å². The summed E-state index contributed by atoms with van der Waals surface area (Å²) >= 11 is 0. The number of amides is 1. The van der Waals surface area contributed by atoms with Crippen LogP contribution in [0.15, 0.2) is 0 Å². The zero-order valence-corrected chi connectivity index (χ0v) is 15.0. The largest absolute Gasteiger partial charge is 0.339 e. The van der Waals surface area contributed by atoms with E-state index in [1.807, 2.05) is 14.1 Å². The predicted molar refractivity (Wildman–Crippen MR) is 88.2 cm³/mol. The van der Waals surface area contributed by atoms with Gasteiger partial charge in [-0.15, -0.1) is 0 Å². The van der Waals surface area contributed by atoms with Gasteiger partial charge >= 0.3 is 0 Å². The van der Waals surface area contributed by atoms with Gasteiger partial charge in [0.2, 0.25) is 15.9 Å². The third-order valence-corrected chi connectivity index (χ3v) is 5.41. The van der Waals surface area contributed by atoms with Crippen LogP contribution in [0.25, 0.3) is 0 Å². The molecule has 1 unspecified atom stereocenters. The molecule has 1 rings (SSSR count). The molecule has 0 saturated carbocycles. The van der Waals surface area contributed by atoms with E-state index in [0.29, 0.717) is 19.5 Å². The normalized spacial score (nSPS) is 18.7. The number of hydrogen-bond donors (Lipinski definition) is 1. The van der Waals surface area contributed by atoms with E-state index >= 15 is 0 Å². The Bertz CT molecular complexity index is 445. The third kappa shape index (κ3) is 6.60. The molecule has 0 spiro atoms. The highest BCUT2D eigenvalue weighted by Crippen LogP contribution is 2.05. The van der Waals surface area contributed by atoms with Gasteiger partial charge < -0.3 is 9.80 Å². The van der Waals surface area contributed by atoms with Crippen LogP contribution in [0.4, 0.5) is 0 Å². The first kappa shape index (κ1) is 19.3. The number of rotatable bonds is 8. The van der Waals surface area contributed by atoms with Crippen molar-refractivity contribution in [1.82, 2.24) is 19.4 Å². The number of nitrogens with zero attached hydrogens (tertiary/aromatic N) is 3. The fourth-order valence-corrected chi connectivity index (χ4v) is 3.75. The summed E-state index contributed by atoms with van der Waals surface area (Å²) in [5.41, 5.74) is 0. The van der Waals surface area contributed by atoms with E-state index in [4.69, 9.17) is 0 Å². The molecule has 1 fully saturated rings. The minimum Gasteiger partial charge on any atom is -0.339 e. The molecule has 1 amide bonds. The Morgan fingerprint density at radius 3 is 2.32 bits per heavy atom. The molecule has 1 N–H and O–H groups in total. The van der Waals surface area contributed by atoms with Crippen LogP contribution in [0.1, 0.15) is 20.3 Å². The molecule has 0 aromatic heterocycles. The molecular weight excluding hydrogens is 304 g/mol. The van der Waals surface area contributed by atoms with E-state index in [-0.39, 0.29) is 11.7 Å². The maximum absolute atomic E-state index is 12.3. The fraction of sp³-hybridized carbons (Fsp3) is 0.929. The number of nitrogens with one attached hydrogen (secondary N) is 1. The van der Waals surface area contributed by atoms with E-state index in [1.165, 1.54) is 0 Å². The van der Waals surface area contributed by atoms with Gasteiger partial charge in [0.25, 0.3) is 0 Å². The molecule has 1 atom stereocenters. The molecule has 8 heteroatoms. The van der Waals surface area contributed by atoms with Crippen LogP contribution in [0.3, 0.4) is 0 Å². The van der Waals surface area contributed by atoms with Gasteiger partial charge in [-0.25, -0.2) is 13.1 Å². The molecule has 7 nitrogen and oxygen atoms in total. The summed E-state index contributed by atoms with van der Waals surface area (Å²) in [6.45, 7) is 8.42. The average Bonchev–Trinajstić information content (AvgIpc) is 2.44. The van der Waals surface area contributed by atoms with E-state index < -0.39 is 16.1 Å². The number of sulfonamides is 1.